The molecular weight excluding hydrogens is 272 g/mol. The monoisotopic (exact) mass is 288 g/mol. The van der Waals surface area contributed by atoms with E-state index in [9.17, 15) is 5.11 Å². The lowest BCUT2D eigenvalue weighted by atomic mass is 10.1. The third kappa shape index (κ3) is 2.57. The Morgan fingerprint density at radius 2 is 2.15 bits per heavy atom. The summed E-state index contributed by atoms with van der Waals surface area (Å²) in [4.78, 5) is 8.80. The number of hydrogen-bond acceptors (Lipinski definition) is 5. The maximum Gasteiger partial charge on any atom is 0.158 e. The molecule has 0 aliphatic carbocycles. The van der Waals surface area contributed by atoms with E-state index in [4.69, 9.17) is 0 Å². The number of nitrogens with zero attached hydrogens (tertiary/aromatic N) is 4. The van der Waals surface area contributed by atoms with Gasteiger partial charge in [-0.15, -0.1) is 11.3 Å². The zero-order valence-corrected chi connectivity index (χ0v) is 12.5. The number of aliphatic hydroxyl groups is 1. The van der Waals surface area contributed by atoms with Gasteiger partial charge in [0.05, 0.1) is 27.4 Å². The molecule has 5 nitrogen and oxygen atoms in total. The standard InChI is InChI=1S/C14H16N4OS/c1-9-17-11-6-10(4-5-12(11)20-9)13-15-8-16-18(13)7-14(2,3)19/h4-6,8,19H,7H2,1-3H3. The smallest absolute Gasteiger partial charge is 0.158 e. The number of hydrogen-bond donors (Lipinski definition) is 1. The SMILES string of the molecule is Cc1nc2cc(-c3ncnn3CC(C)(C)O)ccc2s1. The molecule has 0 amide bonds. The first-order valence-corrected chi connectivity index (χ1v) is 7.22. The Morgan fingerprint density at radius 1 is 1.35 bits per heavy atom. The maximum absolute atomic E-state index is 9.94. The summed E-state index contributed by atoms with van der Waals surface area (Å²) < 4.78 is 2.89. The molecule has 0 unspecified atom stereocenters. The van der Waals surface area contributed by atoms with Crippen molar-refractivity contribution < 1.29 is 5.11 Å². The Kier molecular flexibility index (Phi) is 3.07. The first-order chi connectivity index (χ1) is 9.42. The maximum atomic E-state index is 9.94. The lowest BCUT2D eigenvalue weighted by molar-refractivity contribution is 0.0582. The number of benzene rings is 1. The summed E-state index contributed by atoms with van der Waals surface area (Å²) in [7, 11) is 0. The predicted molar refractivity (Wildman–Crippen MR) is 79.7 cm³/mol. The fourth-order valence-electron chi connectivity index (χ4n) is 2.15. The zero-order valence-electron chi connectivity index (χ0n) is 11.7. The van der Waals surface area contributed by atoms with E-state index in [0.29, 0.717) is 6.54 Å². The fraction of sp³-hybridized carbons (Fsp3) is 0.357. The predicted octanol–water partition coefficient (Wildman–Crippen LogP) is 2.63. The second-order valence-corrected chi connectivity index (χ2v) is 6.70. The van der Waals surface area contributed by atoms with Crippen LogP contribution in [0.2, 0.25) is 0 Å². The molecule has 1 N–H and O–H groups in total. The average Bonchev–Trinajstić information content (AvgIpc) is 2.90. The van der Waals surface area contributed by atoms with E-state index in [2.05, 4.69) is 21.1 Å². The van der Waals surface area contributed by atoms with Crippen molar-refractivity contribution in [1.82, 2.24) is 19.7 Å². The van der Waals surface area contributed by atoms with Crippen LogP contribution in [0.25, 0.3) is 21.6 Å². The van der Waals surface area contributed by atoms with Crippen molar-refractivity contribution in [1.29, 1.82) is 0 Å². The van der Waals surface area contributed by atoms with Gasteiger partial charge in [0.1, 0.15) is 6.33 Å². The number of aromatic nitrogens is 4. The molecule has 2 aromatic heterocycles. The van der Waals surface area contributed by atoms with Gasteiger partial charge in [-0.1, -0.05) is 0 Å². The zero-order chi connectivity index (χ0) is 14.3. The van der Waals surface area contributed by atoms with E-state index in [-0.39, 0.29) is 0 Å². The van der Waals surface area contributed by atoms with Gasteiger partial charge < -0.3 is 5.11 Å². The highest BCUT2D eigenvalue weighted by molar-refractivity contribution is 7.18. The normalized spacial score (nSPS) is 12.2. The van der Waals surface area contributed by atoms with E-state index in [1.165, 1.54) is 11.0 Å². The quantitative estimate of drug-likeness (QED) is 0.804. The molecule has 0 radical (unpaired) electrons. The Hall–Kier alpha value is -1.79. The molecule has 6 heteroatoms. The summed E-state index contributed by atoms with van der Waals surface area (Å²) >= 11 is 1.68. The van der Waals surface area contributed by atoms with Crippen LogP contribution in [-0.4, -0.2) is 30.5 Å². The first-order valence-electron chi connectivity index (χ1n) is 6.40. The summed E-state index contributed by atoms with van der Waals surface area (Å²) in [6.07, 6.45) is 1.51. The minimum Gasteiger partial charge on any atom is -0.389 e. The molecule has 1 aromatic carbocycles. The molecule has 0 bridgehead atoms. The first kappa shape index (κ1) is 13.2. The van der Waals surface area contributed by atoms with Crippen LogP contribution in [-0.2, 0) is 6.54 Å². The Morgan fingerprint density at radius 3 is 2.90 bits per heavy atom. The molecule has 0 fully saturated rings. The minimum atomic E-state index is -0.830. The van der Waals surface area contributed by atoms with Gasteiger partial charge in [0.15, 0.2) is 5.82 Å². The molecule has 0 atom stereocenters. The van der Waals surface area contributed by atoms with Crippen LogP contribution in [0, 0.1) is 6.92 Å². The summed E-state index contributed by atoms with van der Waals surface area (Å²) in [5.74, 6) is 0.750. The van der Waals surface area contributed by atoms with Gasteiger partial charge in [-0.3, -0.25) is 0 Å². The fourth-order valence-corrected chi connectivity index (χ4v) is 2.96. The van der Waals surface area contributed by atoms with Crippen molar-refractivity contribution in [2.24, 2.45) is 0 Å². The van der Waals surface area contributed by atoms with Crippen molar-refractivity contribution in [2.75, 3.05) is 0 Å². The number of rotatable bonds is 3. The van der Waals surface area contributed by atoms with Crippen LogP contribution in [0.4, 0.5) is 0 Å². The molecule has 0 spiro atoms. The molecule has 3 rings (SSSR count). The van der Waals surface area contributed by atoms with Crippen LogP contribution < -0.4 is 0 Å². The molecule has 104 valence electrons. The third-order valence-corrected chi connectivity index (χ3v) is 3.86. The average molecular weight is 288 g/mol. The molecule has 0 saturated heterocycles. The second kappa shape index (κ2) is 4.64. The van der Waals surface area contributed by atoms with Crippen molar-refractivity contribution in [3.8, 4) is 11.4 Å². The summed E-state index contributed by atoms with van der Waals surface area (Å²) in [5, 5.41) is 15.2. The minimum absolute atomic E-state index is 0.399. The van der Waals surface area contributed by atoms with Crippen molar-refractivity contribution in [3.63, 3.8) is 0 Å². The summed E-state index contributed by atoms with van der Waals surface area (Å²) in [6, 6.07) is 6.09. The highest BCUT2D eigenvalue weighted by atomic mass is 32.1. The summed E-state index contributed by atoms with van der Waals surface area (Å²) in [5.41, 5.74) is 1.11. The summed E-state index contributed by atoms with van der Waals surface area (Å²) in [6.45, 7) is 5.91. The van der Waals surface area contributed by atoms with Crippen LogP contribution in [0.3, 0.4) is 0 Å². The molecule has 0 aliphatic rings. The van der Waals surface area contributed by atoms with Crippen molar-refractivity contribution >= 4 is 21.6 Å². The van der Waals surface area contributed by atoms with E-state index in [0.717, 1.165) is 21.9 Å². The van der Waals surface area contributed by atoms with Crippen LogP contribution in [0.15, 0.2) is 24.5 Å². The topological polar surface area (TPSA) is 63.8 Å². The lowest BCUT2D eigenvalue weighted by Gasteiger charge is -2.17. The van der Waals surface area contributed by atoms with Crippen molar-refractivity contribution in [3.05, 3.63) is 29.5 Å². The highest BCUT2D eigenvalue weighted by Gasteiger charge is 2.17. The van der Waals surface area contributed by atoms with Gasteiger partial charge >= 0.3 is 0 Å². The number of fused-ring (bicyclic) bond motifs is 1. The van der Waals surface area contributed by atoms with Gasteiger partial charge in [-0.05, 0) is 39.0 Å². The Balaban J connectivity index is 2.04. The lowest BCUT2D eigenvalue weighted by Crippen LogP contribution is -2.27. The molecule has 0 aliphatic heterocycles. The van der Waals surface area contributed by atoms with Crippen molar-refractivity contribution in [2.45, 2.75) is 32.9 Å². The van der Waals surface area contributed by atoms with Crippen LogP contribution >= 0.6 is 11.3 Å². The molecule has 20 heavy (non-hydrogen) atoms. The van der Waals surface area contributed by atoms with E-state index < -0.39 is 5.60 Å². The Labute approximate surface area is 120 Å². The van der Waals surface area contributed by atoms with Gasteiger partial charge in [-0.2, -0.15) is 5.10 Å². The molecular formula is C14H16N4OS. The number of aryl methyl sites for hydroxylation is 1. The number of thiazole rings is 1. The largest absolute Gasteiger partial charge is 0.389 e. The Bertz CT molecular complexity index is 754. The second-order valence-electron chi connectivity index (χ2n) is 5.47. The van der Waals surface area contributed by atoms with Crippen LogP contribution in [0.5, 0.6) is 0 Å². The van der Waals surface area contributed by atoms with E-state index in [1.807, 2.05) is 19.1 Å². The van der Waals surface area contributed by atoms with Gasteiger partial charge in [0, 0.05) is 5.56 Å². The molecule has 0 saturated carbocycles. The highest BCUT2D eigenvalue weighted by Crippen LogP contribution is 2.27. The molecule has 2 heterocycles. The van der Waals surface area contributed by atoms with Gasteiger partial charge in [-0.25, -0.2) is 14.6 Å². The molecule has 3 aromatic rings. The van der Waals surface area contributed by atoms with Crippen LogP contribution in [0.1, 0.15) is 18.9 Å². The van der Waals surface area contributed by atoms with E-state index in [1.54, 1.807) is 29.9 Å². The van der Waals surface area contributed by atoms with Gasteiger partial charge in [0.25, 0.3) is 0 Å². The third-order valence-electron chi connectivity index (χ3n) is 2.90. The van der Waals surface area contributed by atoms with Gasteiger partial charge in [0.2, 0.25) is 0 Å². The van der Waals surface area contributed by atoms with E-state index >= 15 is 0 Å².